The number of nitrogens with one attached hydrogen (secondary N) is 1. The molecule has 0 aliphatic carbocycles. The number of fused-ring (bicyclic) bond motifs is 3. The van der Waals surface area contributed by atoms with Crippen molar-refractivity contribution in [3.63, 3.8) is 0 Å². The molecule has 0 amide bonds. The SMILES string of the molecule is COc1ccc(Nc2c(-c3c4ccccc4cc4ccccc34)nc3ccccn23)cc1. The van der Waals surface area contributed by atoms with E-state index in [2.05, 4.69) is 64.3 Å². The third kappa shape index (κ3) is 2.96. The van der Waals surface area contributed by atoms with Crippen LogP contribution in [0.5, 0.6) is 5.75 Å². The van der Waals surface area contributed by atoms with Gasteiger partial charge in [-0.05, 0) is 64.0 Å². The first kappa shape index (κ1) is 18.5. The Morgan fingerprint density at radius 3 is 2.09 bits per heavy atom. The number of ether oxygens (including phenoxy) is 1. The van der Waals surface area contributed by atoms with Crippen molar-refractivity contribution in [1.29, 1.82) is 0 Å². The van der Waals surface area contributed by atoms with Crippen molar-refractivity contribution in [2.75, 3.05) is 12.4 Å². The van der Waals surface area contributed by atoms with Crippen LogP contribution in [0.4, 0.5) is 11.5 Å². The highest BCUT2D eigenvalue weighted by Gasteiger charge is 2.19. The van der Waals surface area contributed by atoms with Crippen molar-refractivity contribution in [3.8, 4) is 17.0 Å². The molecule has 0 radical (unpaired) electrons. The third-order valence-corrected chi connectivity index (χ3v) is 5.89. The average Bonchev–Trinajstić information content (AvgIpc) is 3.20. The number of rotatable bonds is 4. The lowest BCUT2D eigenvalue weighted by Crippen LogP contribution is -1.97. The van der Waals surface area contributed by atoms with Gasteiger partial charge in [0.05, 0.1) is 7.11 Å². The molecule has 4 nitrogen and oxygen atoms in total. The van der Waals surface area contributed by atoms with Crippen molar-refractivity contribution < 1.29 is 4.74 Å². The van der Waals surface area contributed by atoms with Gasteiger partial charge in [0.2, 0.25) is 0 Å². The Balaban J connectivity index is 1.66. The molecule has 6 rings (SSSR count). The van der Waals surface area contributed by atoms with Gasteiger partial charge in [-0.1, -0.05) is 54.6 Å². The second-order valence-corrected chi connectivity index (χ2v) is 7.79. The van der Waals surface area contributed by atoms with Crippen LogP contribution < -0.4 is 10.1 Å². The van der Waals surface area contributed by atoms with E-state index in [0.29, 0.717) is 0 Å². The van der Waals surface area contributed by atoms with Gasteiger partial charge in [-0.15, -0.1) is 0 Å². The lowest BCUT2D eigenvalue weighted by molar-refractivity contribution is 0.415. The van der Waals surface area contributed by atoms with Crippen LogP contribution in [-0.4, -0.2) is 16.5 Å². The van der Waals surface area contributed by atoms with Crippen molar-refractivity contribution in [1.82, 2.24) is 9.38 Å². The van der Waals surface area contributed by atoms with Crippen LogP contribution in [0.25, 0.3) is 38.4 Å². The fraction of sp³-hybridized carbons (Fsp3) is 0.0357. The van der Waals surface area contributed by atoms with Crippen LogP contribution in [0.1, 0.15) is 0 Å². The predicted octanol–water partition coefficient (Wildman–Crippen LogP) is 7.06. The number of anilines is 2. The van der Waals surface area contributed by atoms with Crippen LogP contribution >= 0.6 is 0 Å². The van der Waals surface area contributed by atoms with Crippen LogP contribution in [0, 0.1) is 0 Å². The van der Waals surface area contributed by atoms with E-state index in [9.17, 15) is 0 Å². The molecule has 0 unspecified atom stereocenters. The van der Waals surface area contributed by atoms with E-state index in [1.165, 1.54) is 21.5 Å². The minimum Gasteiger partial charge on any atom is -0.497 e. The topological polar surface area (TPSA) is 38.6 Å². The van der Waals surface area contributed by atoms with E-state index in [0.717, 1.165) is 34.2 Å². The molecule has 1 N–H and O–H groups in total. The zero-order valence-corrected chi connectivity index (χ0v) is 17.6. The Morgan fingerprint density at radius 2 is 1.41 bits per heavy atom. The highest BCUT2D eigenvalue weighted by molar-refractivity contribution is 6.13. The molecular weight excluding hydrogens is 394 g/mol. The molecule has 2 aromatic heterocycles. The molecule has 4 aromatic carbocycles. The Morgan fingerprint density at radius 1 is 0.750 bits per heavy atom. The molecule has 154 valence electrons. The van der Waals surface area contributed by atoms with Gasteiger partial charge >= 0.3 is 0 Å². The van der Waals surface area contributed by atoms with E-state index in [-0.39, 0.29) is 0 Å². The lowest BCUT2D eigenvalue weighted by atomic mass is 9.95. The smallest absolute Gasteiger partial charge is 0.143 e. The van der Waals surface area contributed by atoms with Gasteiger partial charge in [-0.2, -0.15) is 0 Å². The largest absolute Gasteiger partial charge is 0.497 e. The summed E-state index contributed by atoms with van der Waals surface area (Å²) in [6, 6.07) is 33.3. The molecule has 0 saturated carbocycles. The van der Waals surface area contributed by atoms with E-state index in [4.69, 9.17) is 9.72 Å². The lowest BCUT2D eigenvalue weighted by Gasteiger charge is -2.13. The van der Waals surface area contributed by atoms with Crippen molar-refractivity contribution >= 4 is 38.7 Å². The van der Waals surface area contributed by atoms with Crippen LogP contribution in [0.15, 0.2) is 103 Å². The fourth-order valence-electron chi connectivity index (χ4n) is 4.37. The number of hydrogen-bond acceptors (Lipinski definition) is 3. The molecular formula is C28H21N3O. The second-order valence-electron chi connectivity index (χ2n) is 7.79. The maximum Gasteiger partial charge on any atom is 0.143 e. The van der Waals surface area contributed by atoms with Gasteiger partial charge < -0.3 is 10.1 Å². The Hall–Kier alpha value is -4.31. The highest BCUT2D eigenvalue weighted by Crippen LogP contribution is 2.40. The van der Waals surface area contributed by atoms with Gasteiger partial charge in [-0.25, -0.2) is 4.98 Å². The summed E-state index contributed by atoms with van der Waals surface area (Å²) >= 11 is 0. The standard InChI is InChI=1S/C28H21N3O/c1-32-22-15-13-21(14-16-22)29-28-27(30-25-12-6-7-17-31(25)28)26-23-10-4-2-8-19(23)18-20-9-3-5-11-24(20)26/h2-18,29H,1H3. The summed E-state index contributed by atoms with van der Waals surface area (Å²) in [4.78, 5) is 5.09. The summed E-state index contributed by atoms with van der Waals surface area (Å²) in [5.41, 5.74) is 3.94. The number of benzene rings is 4. The summed E-state index contributed by atoms with van der Waals surface area (Å²) < 4.78 is 7.43. The molecule has 4 heteroatoms. The van der Waals surface area contributed by atoms with Gasteiger partial charge in [0, 0.05) is 17.4 Å². The van der Waals surface area contributed by atoms with Crippen molar-refractivity contribution in [3.05, 3.63) is 103 Å². The Kier molecular flexibility index (Phi) is 4.29. The molecule has 0 aliphatic heterocycles. The maximum absolute atomic E-state index is 5.32. The minimum absolute atomic E-state index is 0.828. The summed E-state index contributed by atoms with van der Waals surface area (Å²) in [6.07, 6.45) is 2.05. The van der Waals surface area contributed by atoms with E-state index in [1.807, 2.05) is 48.7 Å². The van der Waals surface area contributed by atoms with E-state index in [1.54, 1.807) is 7.11 Å². The maximum atomic E-state index is 5.32. The van der Waals surface area contributed by atoms with Crippen molar-refractivity contribution in [2.45, 2.75) is 0 Å². The van der Waals surface area contributed by atoms with Crippen LogP contribution in [0.3, 0.4) is 0 Å². The first-order valence-corrected chi connectivity index (χ1v) is 10.6. The zero-order valence-electron chi connectivity index (χ0n) is 17.6. The summed E-state index contributed by atoms with van der Waals surface area (Å²) in [5, 5.41) is 8.40. The quantitative estimate of drug-likeness (QED) is 0.313. The summed E-state index contributed by atoms with van der Waals surface area (Å²) in [7, 11) is 1.68. The molecule has 0 aliphatic rings. The first-order chi connectivity index (χ1) is 15.8. The van der Waals surface area contributed by atoms with Gasteiger partial charge in [0.25, 0.3) is 0 Å². The zero-order chi connectivity index (χ0) is 21.5. The molecule has 32 heavy (non-hydrogen) atoms. The minimum atomic E-state index is 0.828. The van der Waals surface area contributed by atoms with Gasteiger partial charge in [-0.3, -0.25) is 4.40 Å². The van der Waals surface area contributed by atoms with E-state index >= 15 is 0 Å². The monoisotopic (exact) mass is 415 g/mol. The van der Waals surface area contributed by atoms with Crippen molar-refractivity contribution in [2.24, 2.45) is 0 Å². The highest BCUT2D eigenvalue weighted by atomic mass is 16.5. The number of imidazole rings is 1. The third-order valence-electron chi connectivity index (χ3n) is 5.89. The van der Waals surface area contributed by atoms with Gasteiger partial charge in [0.1, 0.15) is 22.9 Å². The predicted molar refractivity (Wildman–Crippen MR) is 132 cm³/mol. The number of pyridine rings is 1. The normalized spacial score (nSPS) is 11.3. The molecule has 0 spiro atoms. The summed E-state index contributed by atoms with van der Waals surface area (Å²) in [6.45, 7) is 0. The summed E-state index contributed by atoms with van der Waals surface area (Å²) in [5.74, 6) is 1.77. The Bertz CT molecular complexity index is 1530. The molecule has 0 atom stereocenters. The molecule has 0 saturated heterocycles. The first-order valence-electron chi connectivity index (χ1n) is 10.6. The van der Waals surface area contributed by atoms with Crippen LogP contribution in [0.2, 0.25) is 0 Å². The molecule has 0 fully saturated rings. The Labute approximate surface area is 185 Å². The average molecular weight is 415 g/mol. The van der Waals surface area contributed by atoms with Gasteiger partial charge in [0.15, 0.2) is 0 Å². The molecule has 2 heterocycles. The molecule has 6 aromatic rings. The number of nitrogens with zero attached hydrogens (tertiary/aromatic N) is 2. The second kappa shape index (κ2) is 7.43. The number of aromatic nitrogens is 2. The number of hydrogen-bond donors (Lipinski definition) is 1. The molecule has 0 bridgehead atoms. The van der Waals surface area contributed by atoms with E-state index < -0.39 is 0 Å². The number of methoxy groups -OCH3 is 1. The fourth-order valence-corrected chi connectivity index (χ4v) is 4.37. The van der Waals surface area contributed by atoms with Crippen LogP contribution in [-0.2, 0) is 0 Å².